The van der Waals surface area contributed by atoms with Gasteiger partial charge in [0.2, 0.25) is 0 Å². The van der Waals surface area contributed by atoms with Gasteiger partial charge in [-0.05, 0) is 26.0 Å². The Bertz CT molecular complexity index is 282. The summed E-state index contributed by atoms with van der Waals surface area (Å²) >= 11 is 0. The maximum absolute atomic E-state index is 9.64. The van der Waals surface area contributed by atoms with Crippen molar-refractivity contribution in [2.24, 2.45) is 0 Å². The summed E-state index contributed by atoms with van der Waals surface area (Å²) in [5.41, 5.74) is 0. The van der Waals surface area contributed by atoms with Crippen LogP contribution in [0.25, 0.3) is 0 Å². The summed E-state index contributed by atoms with van der Waals surface area (Å²) in [5, 5.41) is 19.3. The van der Waals surface area contributed by atoms with Gasteiger partial charge in [-0.25, -0.2) is 0 Å². The number of carbonyl (C=O) groups excluding carboxylic acids is 2. The van der Waals surface area contributed by atoms with Crippen LogP contribution in [0.3, 0.4) is 0 Å². The van der Waals surface area contributed by atoms with Crippen LogP contribution in [0, 0.1) is 0 Å². The van der Waals surface area contributed by atoms with Gasteiger partial charge in [-0.3, -0.25) is 0 Å². The Morgan fingerprint density at radius 2 is 1.06 bits per heavy atom. The Morgan fingerprint density at radius 1 is 0.765 bits per heavy atom. The molecular weight excluding hydrogens is 274 g/mol. The molecule has 0 spiro atoms. The summed E-state index contributed by atoms with van der Waals surface area (Å²) in [4.78, 5) is 19.3. The van der Waals surface area contributed by atoms with E-state index in [9.17, 15) is 19.8 Å². The van der Waals surface area contributed by atoms with Crippen LogP contribution < -0.4 is 10.2 Å². The van der Waals surface area contributed by atoms with Crippen LogP contribution in [0.1, 0.15) is 13.8 Å². The van der Waals surface area contributed by atoms with Crippen LogP contribution in [-0.4, -0.2) is 11.9 Å². The van der Waals surface area contributed by atoms with Crippen LogP contribution >= 0.6 is 0 Å². The number of rotatable bonds is 4. The normalized spacial score (nSPS) is 10.5. The van der Waals surface area contributed by atoms with E-state index in [1.165, 1.54) is 12.2 Å². The van der Waals surface area contributed by atoms with Gasteiger partial charge < -0.3 is 19.8 Å². The molecule has 0 aromatic rings. The fourth-order valence-corrected chi connectivity index (χ4v) is 0.490. The molecule has 0 unspecified atom stereocenters. The predicted molar refractivity (Wildman–Crippen MR) is 57.9 cm³/mol. The smallest absolute Gasteiger partial charge is 0.545 e. The number of hydrogen-bond acceptors (Lipinski definition) is 4. The van der Waals surface area contributed by atoms with E-state index in [0.717, 1.165) is 12.2 Å². The summed E-state index contributed by atoms with van der Waals surface area (Å²) in [6.07, 6.45) is 11.5. The molecule has 0 aromatic heterocycles. The van der Waals surface area contributed by atoms with Crippen molar-refractivity contribution in [3.05, 3.63) is 48.6 Å². The van der Waals surface area contributed by atoms with Gasteiger partial charge in [0, 0.05) is 0 Å². The number of aliphatic carboxylic acids is 2. The first-order chi connectivity index (χ1) is 7.54. The van der Waals surface area contributed by atoms with E-state index < -0.39 is 11.9 Å². The quantitative estimate of drug-likeness (QED) is 0.405. The minimum atomic E-state index is -1.16. The summed E-state index contributed by atoms with van der Waals surface area (Å²) < 4.78 is 0. The minimum Gasteiger partial charge on any atom is -0.545 e. The Labute approximate surface area is 114 Å². The first-order valence-corrected chi connectivity index (χ1v) is 4.55. The fourth-order valence-electron chi connectivity index (χ4n) is 0.490. The third kappa shape index (κ3) is 31.4. The first kappa shape index (κ1) is 20.9. The molecule has 0 amide bonds. The van der Waals surface area contributed by atoms with Gasteiger partial charge in [0.25, 0.3) is 0 Å². The zero-order valence-electron chi connectivity index (χ0n) is 9.96. The van der Waals surface area contributed by atoms with E-state index in [4.69, 9.17) is 0 Å². The monoisotopic (exact) mass is 286 g/mol. The van der Waals surface area contributed by atoms with Gasteiger partial charge in [-0.1, -0.05) is 36.5 Å². The Morgan fingerprint density at radius 3 is 1.24 bits per heavy atom. The van der Waals surface area contributed by atoms with Crippen molar-refractivity contribution < 1.29 is 39.3 Å². The molecule has 0 heterocycles. The molecule has 17 heavy (non-hydrogen) atoms. The number of hydrogen-bond donors (Lipinski definition) is 0. The number of carboxylic acids is 2. The topological polar surface area (TPSA) is 80.3 Å². The SMILES string of the molecule is C/C=C\C=C/C(=O)[O-].C/C=C\C=C/C(=O)[O-].[Zn+2]. The second-order valence-corrected chi connectivity index (χ2v) is 2.41. The van der Waals surface area contributed by atoms with Crippen molar-refractivity contribution in [1.82, 2.24) is 0 Å². The predicted octanol–water partition coefficient (Wildman–Crippen LogP) is -0.265. The van der Waals surface area contributed by atoms with Gasteiger partial charge in [0.05, 0.1) is 11.9 Å². The maximum Gasteiger partial charge on any atom is 2.00 e. The van der Waals surface area contributed by atoms with Gasteiger partial charge in [0.15, 0.2) is 0 Å². The van der Waals surface area contributed by atoms with Crippen LogP contribution in [0.15, 0.2) is 48.6 Å². The molecule has 0 saturated heterocycles. The molecule has 0 saturated carbocycles. The minimum absolute atomic E-state index is 0. The second-order valence-electron chi connectivity index (χ2n) is 2.41. The van der Waals surface area contributed by atoms with E-state index in [0.29, 0.717) is 0 Å². The molecule has 4 nitrogen and oxygen atoms in total. The molecule has 0 atom stereocenters. The molecule has 0 fully saturated rings. The van der Waals surface area contributed by atoms with Crippen LogP contribution in [0.2, 0.25) is 0 Å². The number of allylic oxidation sites excluding steroid dienone is 6. The molecule has 0 aliphatic rings. The fraction of sp³-hybridized carbons (Fsp3) is 0.167. The standard InChI is InChI=1S/2C6H8O2.Zn/c2*1-2-3-4-5-6(7)8;/h2*2-5H,1H3,(H,7,8);/q;;+2/p-2/b2*3-2-,5-4-;. The maximum atomic E-state index is 9.64. The second kappa shape index (κ2) is 16.9. The molecule has 0 rings (SSSR count). The number of carboxylic acid groups (broad SMARTS) is 2. The third-order valence-corrected chi connectivity index (χ3v) is 1.07. The average Bonchev–Trinajstić information content (AvgIpc) is 2.18. The van der Waals surface area contributed by atoms with Crippen molar-refractivity contribution in [3.63, 3.8) is 0 Å². The van der Waals surface area contributed by atoms with E-state index in [1.54, 1.807) is 38.2 Å². The average molecular weight is 288 g/mol. The van der Waals surface area contributed by atoms with Crippen molar-refractivity contribution in [1.29, 1.82) is 0 Å². The molecule has 0 aliphatic carbocycles. The molecule has 5 heteroatoms. The molecular formula is C12H14O4Zn. The number of carbonyl (C=O) groups is 2. The first-order valence-electron chi connectivity index (χ1n) is 4.55. The summed E-state index contributed by atoms with van der Waals surface area (Å²) in [7, 11) is 0. The van der Waals surface area contributed by atoms with Gasteiger partial charge in [-0.2, -0.15) is 0 Å². The Balaban J connectivity index is -0.000000218. The van der Waals surface area contributed by atoms with E-state index in [-0.39, 0.29) is 19.5 Å². The summed E-state index contributed by atoms with van der Waals surface area (Å²) in [6.45, 7) is 3.61. The summed E-state index contributed by atoms with van der Waals surface area (Å²) in [5.74, 6) is -2.33. The molecule has 0 aromatic carbocycles. The van der Waals surface area contributed by atoms with Crippen LogP contribution in [0.4, 0.5) is 0 Å². The van der Waals surface area contributed by atoms with Gasteiger partial charge >= 0.3 is 19.5 Å². The Hall–Kier alpha value is -1.48. The van der Waals surface area contributed by atoms with Crippen molar-refractivity contribution in [3.8, 4) is 0 Å². The largest absolute Gasteiger partial charge is 2.00 e. The van der Waals surface area contributed by atoms with E-state index in [1.807, 2.05) is 0 Å². The Kier molecular flexibility index (Phi) is 20.8. The van der Waals surface area contributed by atoms with Crippen LogP contribution in [-0.2, 0) is 29.1 Å². The van der Waals surface area contributed by atoms with Gasteiger partial charge in [-0.15, -0.1) is 0 Å². The van der Waals surface area contributed by atoms with Crippen molar-refractivity contribution in [2.75, 3.05) is 0 Å². The molecule has 0 radical (unpaired) electrons. The van der Waals surface area contributed by atoms with Crippen molar-refractivity contribution >= 4 is 11.9 Å². The van der Waals surface area contributed by atoms with Crippen LogP contribution in [0.5, 0.6) is 0 Å². The zero-order chi connectivity index (χ0) is 12.8. The zero-order valence-corrected chi connectivity index (χ0v) is 12.9. The van der Waals surface area contributed by atoms with Crippen molar-refractivity contribution in [2.45, 2.75) is 13.8 Å². The third-order valence-electron chi connectivity index (χ3n) is 1.07. The molecule has 0 N–H and O–H groups in total. The molecule has 88 valence electrons. The van der Waals surface area contributed by atoms with E-state index >= 15 is 0 Å². The molecule has 0 aliphatic heterocycles. The van der Waals surface area contributed by atoms with E-state index in [2.05, 4.69) is 0 Å². The van der Waals surface area contributed by atoms with Gasteiger partial charge in [0.1, 0.15) is 0 Å². The molecule has 0 bridgehead atoms. The summed E-state index contributed by atoms with van der Waals surface area (Å²) in [6, 6.07) is 0.